The first-order chi connectivity index (χ1) is 15.1. The van der Waals surface area contributed by atoms with Gasteiger partial charge < -0.3 is 4.98 Å². The monoisotopic (exact) mass is 415 g/mol. The highest BCUT2D eigenvalue weighted by molar-refractivity contribution is 5.80. The molecule has 1 aliphatic rings. The topological polar surface area (TPSA) is 113 Å². The molecule has 0 unspecified atom stereocenters. The second-order valence-corrected chi connectivity index (χ2v) is 7.68. The largest absolute Gasteiger partial charge is 0.310 e. The Hall–Kier alpha value is -3.93. The van der Waals surface area contributed by atoms with E-state index in [0.717, 1.165) is 24.2 Å². The van der Waals surface area contributed by atoms with E-state index in [1.54, 1.807) is 35.3 Å². The van der Waals surface area contributed by atoms with Gasteiger partial charge in [0, 0.05) is 24.2 Å². The average Bonchev–Trinajstić information content (AvgIpc) is 3.13. The molecule has 154 valence electrons. The first-order valence-corrected chi connectivity index (χ1v) is 10.0. The van der Waals surface area contributed by atoms with Gasteiger partial charge >= 0.3 is 0 Å². The molecular weight excluding hydrogens is 397 g/mol. The van der Waals surface area contributed by atoms with E-state index in [-0.39, 0.29) is 34.8 Å². The zero-order valence-electron chi connectivity index (χ0n) is 16.7. The minimum Gasteiger partial charge on any atom is -0.310 e. The quantitative estimate of drug-likeness (QED) is 0.548. The van der Waals surface area contributed by atoms with Gasteiger partial charge in [0.25, 0.3) is 5.56 Å². The second-order valence-electron chi connectivity index (χ2n) is 7.68. The molecule has 3 heterocycles. The molecule has 0 spiro atoms. The van der Waals surface area contributed by atoms with Crippen LogP contribution in [-0.2, 0) is 0 Å². The van der Waals surface area contributed by atoms with Crippen molar-refractivity contribution in [2.45, 2.75) is 37.6 Å². The van der Waals surface area contributed by atoms with Gasteiger partial charge in [0.15, 0.2) is 11.3 Å². The first-order valence-electron chi connectivity index (χ1n) is 10.0. The van der Waals surface area contributed by atoms with Crippen molar-refractivity contribution in [3.05, 3.63) is 81.8 Å². The van der Waals surface area contributed by atoms with Crippen LogP contribution in [0.15, 0.2) is 47.5 Å². The highest BCUT2D eigenvalue weighted by Crippen LogP contribution is 2.46. The number of aromatic nitrogens is 6. The lowest BCUT2D eigenvalue weighted by molar-refractivity contribution is 0.319. The van der Waals surface area contributed by atoms with E-state index in [4.69, 9.17) is 4.98 Å². The van der Waals surface area contributed by atoms with Gasteiger partial charge in [0.1, 0.15) is 28.9 Å². The normalized spacial score (nSPS) is 19.0. The van der Waals surface area contributed by atoms with Gasteiger partial charge in [0.2, 0.25) is 0 Å². The Kier molecular flexibility index (Phi) is 4.55. The third kappa shape index (κ3) is 3.17. The Labute approximate surface area is 176 Å². The van der Waals surface area contributed by atoms with Crippen LogP contribution in [0.1, 0.15) is 60.5 Å². The Bertz CT molecular complexity index is 1360. The highest BCUT2D eigenvalue weighted by Gasteiger charge is 2.37. The summed E-state index contributed by atoms with van der Waals surface area (Å²) in [6, 6.07) is 9.45. The van der Waals surface area contributed by atoms with Crippen LogP contribution in [0.4, 0.5) is 4.39 Å². The molecule has 4 aromatic rings. The van der Waals surface area contributed by atoms with Crippen molar-refractivity contribution in [3.63, 3.8) is 0 Å². The molecule has 1 fully saturated rings. The maximum atomic E-state index is 13.3. The number of fused-ring (bicyclic) bond motifs is 1. The van der Waals surface area contributed by atoms with E-state index in [2.05, 4.69) is 20.1 Å². The van der Waals surface area contributed by atoms with Crippen molar-refractivity contribution in [1.82, 2.24) is 29.7 Å². The number of aromatic amines is 1. The van der Waals surface area contributed by atoms with Crippen molar-refractivity contribution in [2.75, 3.05) is 0 Å². The number of rotatable bonds is 4. The van der Waals surface area contributed by atoms with Crippen LogP contribution < -0.4 is 5.56 Å². The summed E-state index contributed by atoms with van der Waals surface area (Å²) in [5.74, 6) is 0.984. The van der Waals surface area contributed by atoms with Crippen LogP contribution in [0.2, 0.25) is 0 Å². The van der Waals surface area contributed by atoms with Crippen LogP contribution in [0.3, 0.4) is 0 Å². The summed E-state index contributed by atoms with van der Waals surface area (Å²) < 4.78 is 14.9. The Balaban J connectivity index is 1.61. The molecule has 0 radical (unpaired) electrons. The lowest BCUT2D eigenvalue weighted by Crippen LogP contribution is -2.28. The third-order valence-electron chi connectivity index (χ3n) is 5.95. The fourth-order valence-corrected chi connectivity index (χ4v) is 4.11. The van der Waals surface area contributed by atoms with Gasteiger partial charge in [-0.15, -0.1) is 0 Å². The molecule has 1 aliphatic carbocycles. The fraction of sp³-hybridized carbons (Fsp3) is 0.273. The molecule has 3 aromatic heterocycles. The lowest BCUT2D eigenvalue weighted by atomic mass is 9.72. The minimum absolute atomic E-state index is 0.0146. The predicted octanol–water partition coefficient (Wildman–Crippen LogP) is 3.19. The summed E-state index contributed by atoms with van der Waals surface area (Å²) in [6.45, 7) is 1.87. The number of hydrogen-bond donors (Lipinski definition) is 1. The van der Waals surface area contributed by atoms with Crippen LogP contribution >= 0.6 is 0 Å². The highest BCUT2D eigenvalue weighted by atomic mass is 19.1. The lowest BCUT2D eigenvalue weighted by Gasteiger charge is -2.34. The summed E-state index contributed by atoms with van der Waals surface area (Å²) in [7, 11) is 0. The molecule has 8 nitrogen and oxygen atoms in total. The summed E-state index contributed by atoms with van der Waals surface area (Å²) in [5, 5.41) is 14.0. The van der Waals surface area contributed by atoms with Crippen molar-refractivity contribution in [2.24, 2.45) is 0 Å². The molecule has 1 N–H and O–H groups in total. The van der Waals surface area contributed by atoms with Gasteiger partial charge in [-0.3, -0.25) is 4.79 Å². The zero-order valence-corrected chi connectivity index (χ0v) is 16.7. The van der Waals surface area contributed by atoms with Gasteiger partial charge in [-0.05, 0) is 43.5 Å². The summed E-state index contributed by atoms with van der Waals surface area (Å²) in [4.78, 5) is 29.2. The van der Waals surface area contributed by atoms with Crippen molar-refractivity contribution >= 4 is 11.0 Å². The summed E-state index contributed by atoms with van der Waals surface area (Å²) in [6.07, 6.45) is 5.17. The Morgan fingerprint density at radius 3 is 2.55 bits per heavy atom. The van der Waals surface area contributed by atoms with Crippen LogP contribution in [0.25, 0.3) is 11.0 Å². The van der Waals surface area contributed by atoms with Gasteiger partial charge in [0.05, 0.1) is 6.04 Å². The standard InChI is InChI=1S/C22H18FN7O/c1-12(13-3-5-14(23)6-4-13)30-21-18(17(11-24)29-30)22(31)28-20(27-21)16-8-7-15(16)19-25-9-2-10-26-19/h2-6,9-10,12,15-16H,7-8H2,1H3,(H,27,28,31)/t12-,15-,16-/m0/s1. The van der Waals surface area contributed by atoms with Crippen LogP contribution in [0, 0.1) is 17.1 Å². The van der Waals surface area contributed by atoms with Crippen molar-refractivity contribution in [3.8, 4) is 6.07 Å². The molecule has 1 aromatic carbocycles. The molecule has 3 atom stereocenters. The molecule has 31 heavy (non-hydrogen) atoms. The number of hydrogen-bond acceptors (Lipinski definition) is 6. The summed E-state index contributed by atoms with van der Waals surface area (Å²) in [5.41, 5.74) is 0.749. The van der Waals surface area contributed by atoms with Crippen molar-refractivity contribution < 1.29 is 4.39 Å². The molecular formula is C22H18FN7O. The van der Waals surface area contributed by atoms with E-state index in [9.17, 15) is 14.4 Å². The zero-order chi connectivity index (χ0) is 21.5. The maximum Gasteiger partial charge on any atom is 0.263 e. The number of H-pyrrole nitrogens is 1. The van der Waals surface area contributed by atoms with E-state index in [1.807, 2.05) is 13.0 Å². The number of benzene rings is 1. The molecule has 5 rings (SSSR count). The molecule has 0 amide bonds. The smallest absolute Gasteiger partial charge is 0.263 e. The van der Waals surface area contributed by atoms with Gasteiger partial charge in [-0.2, -0.15) is 10.4 Å². The molecule has 0 saturated heterocycles. The van der Waals surface area contributed by atoms with E-state index in [1.165, 1.54) is 12.1 Å². The SMILES string of the molecule is C[C@@H](c1ccc(F)cc1)n1nc(C#N)c2c(=O)[nH]c([C@H]3CC[C@@H]3c3ncccn3)nc21. The second kappa shape index (κ2) is 7.40. The van der Waals surface area contributed by atoms with Crippen LogP contribution in [-0.4, -0.2) is 29.7 Å². The first kappa shape index (κ1) is 19.1. The number of nitrogens with one attached hydrogen (secondary N) is 1. The Morgan fingerprint density at radius 2 is 1.90 bits per heavy atom. The van der Waals surface area contributed by atoms with Gasteiger partial charge in [-0.25, -0.2) is 24.0 Å². The molecule has 9 heteroatoms. The molecule has 0 aliphatic heterocycles. The van der Waals surface area contributed by atoms with Crippen molar-refractivity contribution in [1.29, 1.82) is 5.26 Å². The molecule has 0 bridgehead atoms. The van der Waals surface area contributed by atoms with Gasteiger partial charge in [-0.1, -0.05) is 12.1 Å². The molecule has 1 saturated carbocycles. The number of nitriles is 1. The predicted molar refractivity (Wildman–Crippen MR) is 110 cm³/mol. The van der Waals surface area contributed by atoms with E-state index in [0.29, 0.717) is 11.5 Å². The number of nitrogens with zero attached hydrogens (tertiary/aromatic N) is 6. The van der Waals surface area contributed by atoms with Crippen LogP contribution in [0.5, 0.6) is 0 Å². The average molecular weight is 415 g/mol. The third-order valence-corrected chi connectivity index (χ3v) is 5.95. The maximum absolute atomic E-state index is 13.3. The fourth-order valence-electron chi connectivity index (χ4n) is 4.11. The Morgan fingerprint density at radius 1 is 1.19 bits per heavy atom. The van der Waals surface area contributed by atoms with E-state index >= 15 is 0 Å². The number of halogens is 1. The summed E-state index contributed by atoms with van der Waals surface area (Å²) >= 11 is 0. The minimum atomic E-state index is -0.395. The van der Waals surface area contributed by atoms with E-state index < -0.39 is 5.56 Å².